The van der Waals surface area contributed by atoms with E-state index in [-0.39, 0.29) is 36.5 Å². The lowest BCUT2D eigenvalue weighted by Gasteiger charge is -2.10. The highest BCUT2D eigenvalue weighted by atomic mass is 32.1. The van der Waals surface area contributed by atoms with Crippen LogP contribution in [0.4, 0.5) is 0 Å². The third kappa shape index (κ3) is 3.84. The van der Waals surface area contributed by atoms with Gasteiger partial charge in [0.05, 0.1) is 18.1 Å². The summed E-state index contributed by atoms with van der Waals surface area (Å²) in [7, 11) is 0. The third-order valence-electron chi connectivity index (χ3n) is 4.81. The van der Waals surface area contributed by atoms with Crippen LogP contribution in [0.15, 0.2) is 50.0 Å². The Labute approximate surface area is 174 Å². The van der Waals surface area contributed by atoms with Gasteiger partial charge in [-0.05, 0) is 29.5 Å². The van der Waals surface area contributed by atoms with Crippen molar-refractivity contribution in [1.29, 1.82) is 0 Å². The zero-order chi connectivity index (χ0) is 21.3. The Morgan fingerprint density at radius 1 is 1.23 bits per heavy atom. The van der Waals surface area contributed by atoms with Crippen LogP contribution in [0.5, 0.6) is 5.75 Å². The number of esters is 1. The molecule has 3 aromatic heterocycles. The number of carbonyl (C=O) groups excluding carboxylic acids is 1. The van der Waals surface area contributed by atoms with Gasteiger partial charge in [-0.25, -0.2) is 9.78 Å². The molecule has 4 rings (SSSR count). The minimum atomic E-state index is -0.598. The summed E-state index contributed by atoms with van der Waals surface area (Å²) in [5, 5.41) is 12.9. The SMILES string of the molecule is CCc1cc2c(COC(=O)CCn3cnc4sccc4c3=O)cc(=O)oc2cc1O. The van der Waals surface area contributed by atoms with Gasteiger partial charge in [-0.3, -0.25) is 14.2 Å². The molecule has 30 heavy (non-hydrogen) atoms. The van der Waals surface area contributed by atoms with E-state index in [0.29, 0.717) is 33.2 Å². The second-order valence-corrected chi connectivity index (χ2v) is 7.61. The number of ether oxygens (including phenoxy) is 1. The molecule has 0 atom stereocenters. The molecule has 1 N–H and O–H groups in total. The average molecular weight is 426 g/mol. The summed E-state index contributed by atoms with van der Waals surface area (Å²) in [4.78, 5) is 41.3. The monoisotopic (exact) mass is 426 g/mol. The van der Waals surface area contributed by atoms with Gasteiger partial charge in [0.15, 0.2) is 0 Å². The molecule has 0 aliphatic rings. The van der Waals surface area contributed by atoms with Crippen LogP contribution in [-0.2, 0) is 29.1 Å². The molecule has 0 aliphatic carbocycles. The summed E-state index contributed by atoms with van der Waals surface area (Å²) in [6.45, 7) is 1.91. The van der Waals surface area contributed by atoms with Crippen molar-refractivity contribution in [3.8, 4) is 5.75 Å². The molecule has 0 saturated heterocycles. The summed E-state index contributed by atoms with van der Waals surface area (Å²) >= 11 is 1.38. The number of aromatic nitrogens is 2. The summed E-state index contributed by atoms with van der Waals surface area (Å²) in [6, 6.07) is 6.09. The van der Waals surface area contributed by atoms with Crippen molar-refractivity contribution >= 4 is 38.5 Å². The maximum Gasteiger partial charge on any atom is 0.336 e. The second kappa shape index (κ2) is 8.11. The number of hydrogen-bond donors (Lipinski definition) is 1. The highest BCUT2D eigenvalue weighted by Gasteiger charge is 2.13. The van der Waals surface area contributed by atoms with Gasteiger partial charge in [-0.1, -0.05) is 6.92 Å². The molecule has 0 aliphatic heterocycles. The van der Waals surface area contributed by atoms with Crippen LogP contribution in [0, 0.1) is 0 Å². The zero-order valence-corrected chi connectivity index (χ0v) is 16.9. The minimum Gasteiger partial charge on any atom is -0.508 e. The van der Waals surface area contributed by atoms with E-state index in [0.717, 1.165) is 0 Å². The summed E-state index contributed by atoms with van der Waals surface area (Å²) < 4.78 is 11.8. The first-order valence-electron chi connectivity index (χ1n) is 9.33. The Balaban J connectivity index is 1.48. The predicted molar refractivity (Wildman–Crippen MR) is 112 cm³/mol. The number of thiophene rings is 1. The molecule has 0 unspecified atom stereocenters. The van der Waals surface area contributed by atoms with Gasteiger partial charge >= 0.3 is 11.6 Å². The predicted octanol–water partition coefficient (Wildman–Crippen LogP) is 2.97. The number of nitrogens with zero attached hydrogens (tertiary/aromatic N) is 2. The average Bonchev–Trinajstić information content (AvgIpc) is 3.20. The van der Waals surface area contributed by atoms with Gasteiger partial charge in [0, 0.05) is 29.6 Å². The number of rotatable bonds is 6. The van der Waals surface area contributed by atoms with E-state index in [9.17, 15) is 19.5 Å². The third-order valence-corrected chi connectivity index (χ3v) is 5.63. The Kier molecular flexibility index (Phi) is 5.37. The Bertz CT molecular complexity index is 1370. The lowest BCUT2D eigenvalue weighted by atomic mass is 10.0. The van der Waals surface area contributed by atoms with E-state index >= 15 is 0 Å². The van der Waals surface area contributed by atoms with E-state index in [4.69, 9.17) is 9.15 Å². The first-order valence-corrected chi connectivity index (χ1v) is 10.2. The van der Waals surface area contributed by atoms with Crippen LogP contribution in [0.2, 0.25) is 0 Å². The molecule has 9 heteroatoms. The van der Waals surface area contributed by atoms with Crippen LogP contribution in [0.3, 0.4) is 0 Å². The lowest BCUT2D eigenvalue weighted by molar-refractivity contribution is -0.145. The smallest absolute Gasteiger partial charge is 0.336 e. The quantitative estimate of drug-likeness (QED) is 0.373. The van der Waals surface area contributed by atoms with E-state index < -0.39 is 11.6 Å². The molecule has 0 amide bonds. The number of fused-ring (bicyclic) bond motifs is 2. The Morgan fingerprint density at radius 3 is 2.87 bits per heavy atom. The maximum atomic E-state index is 12.4. The van der Waals surface area contributed by atoms with E-state index in [1.807, 2.05) is 6.92 Å². The van der Waals surface area contributed by atoms with Crippen molar-refractivity contribution in [2.45, 2.75) is 32.9 Å². The van der Waals surface area contributed by atoms with Crippen molar-refractivity contribution in [2.24, 2.45) is 0 Å². The van der Waals surface area contributed by atoms with Gasteiger partial charge in [0.1, 0.15) is 22.8 Å². The van der Waals surface area contributed by atoms with Crippen LogP contribution in [0.1, 0.15) is 24.5 Å². The van der Waals surface area contributed by atoms with Gasteiger partial charge in [0.2, 0.25) is 0 Å². The van der Waals surface area contributed by atoms with Crippen LogP contribution in [0.25, 0.3) is 21.2 Å². The largest absolute Gasteiger partial charge is 0.508 e. The number of aromatic hydroxyl groups is 1. The van der Waals surface area contributed by atoms with Crippen LogP contribution in [-0.4, -0.2) is 20.6 Å². The topological polar surface area (TPSA) is 112 Å². The zero-order valence-electron chi connectivity index (χ0n) is 16.1. The van der Waals surface area contributed by atoms with Crippen molar-refractivity contribution in [1.82, 2.24) is 9.55 Å². The summed E-state index contributed by atoms with van der Waals surface area (Å²) in [6.07, 6.45) is 2.00. The van der Waals surface area contributed by atoms with Crippen molar-refractivity contribution in [3.05, 3.63) is 67.9 Å². The normalized spacial score (nSPS) is 11.2. The number of phenols is 1. The van der Waals surface area contributed by atoms with Crippen molar-refractivity contribution < 1.29 is 19.1 Å². The number of hydrogen-bond acceptors (Lipinski definition) is 8. The number of benzene rings is 1. The van der Waals surface area contributed by atoms with Crippen molar-refractivity contribution in [3.63, 3.8) is 0 Å². The fourth-order valence-corrected chi connectivity index (χ4v) is 3.93. The highest BCUT2D eigenvalue weighted by molar-refractivity contribution is 7.16. The van der Waals surface area contributed by atoms with E-state index in [1.54, 1.807) is 17.5 Å². The van der Waals surface area contributed by atoms with E-state index in [1.165, 1.54) is 34.4 Å². The molecule has 0 radical (unpaired) electrons. The van der Waals surface area contributed by atoms with Crippen molar-refractivity contribution in [2.75, 3.05) is 0 Å². The molecule has 0 fully saturated rings. The van der Waals surface area contributed by atoms with Crippen LogP contribution < -0.4 is 11.2 Å². The number of carbonyl (C=O) groups is 1. The Hall–Kier alpha value is -3.46. The van der Waals surface area contributed by atoms with Gasteiger partial charge < -0.3 is 14.3 Å². The molecule has 4 aromatic rings. The molecule has 0 spiro atoms. The number of aryl methyl sites for hydroxylation is 2. The number of phenolic OH excluding ortho intramolecular Hbond substituents is 1. The van der Waals surface area contributed by atoms with Crippen LogP contribution >= 0.6 is 11.3 Å². The molecular weight excluding hydrogens is 408 g/mol. The molecule has 0 bridgehead atoms. The fourth-order valence-electron chi connectivity index (χ4n) is 3.20. The first-order chi connectivity index (χ1) is 14.5. The first kappa shape index (κ1) is 19.8. The summed E-state index contributed by atoms with van der Waals surface area (Å²) in [5.41, 5.74) is 0.610. The molecular formula is C21H18N2O6S. The molecule has 0 saturated carbocycles. The molecule has 1 aromatic carbocycles. The van der Waals surface area contributed by atoms with Gasteiger partial charge in [-0.2, -0.15) is 0 Å². The molecule has 8 nitrogen and oxygen atoms in total. The van der Waals surface area contributed by atoms with E-state index in [2.05, 4.69) is 4.98 Å². The fraction of sp³-hybridized carbons (Fsp3) is 0.238. The Morgan fingerprint density at radius 2 is 2.07 bits per heavy atom. The minimum absolute atomic E-state index is 0.0163. The van der Waals surface area contributed by atoms with Gasteiger partial charge in [0.25, 0.3) is 5.56 Å². The highest BCUT2D eigenvalue weighted by Crippen LogP contribution is 2.27. The van der Waals surface area contributed by atoms with Gasteiger partial charge in [-0.15, -0.1) is 11.3 Å². The maximum absolute atomic E-state index is 12.4. The summed E-state index contributed by atoms with van der Waals surface area (Å²) in [5.74, 6) is -0.466. The molecule has 3 heterocycles. The molecule has 154 valence electrons. The second-order valence-electron chi connectivity index (χ2n) is 6.71. The lowest BCUT2D eigenvalue weighted by Crippen LogP contribution is -2.22. The standard InChI is InChI=1S/C21H18N2O6S/c1-2-12-7-15-13(8-19(26)29-17(15)9-16(12)24)10-28-18(25)3-5-23-11-22-20-14(21(23)27)4-6-30-20/h4,6-9,11,24H,2-3,5,10H2,1H3.